The third-order valence-corrected chi connectivity index (χ3v) is 6.16. The van der Waals surface area contributed by atoms with Crippen LogP contribution in [0.4, 0.5) is 0 Å². The summed E-state index contributed by atoms with van der Waals surface area (Å²) in [6, 6.07) is 7.26. The Morgan fingerprint density at radius 1 is 1.15 bits per heavy atom. The van der Waals surface area contributed by atoms with Gasteiger partial charge in [0.15, 0.2) is 0 Å². The van der Waals surface area contributed by atoms with Crippen molar-refractivity contribution in [3.05, 3.63) is 29.8 Å². The van der Waals surface area contributed by atoms with E-state index < -0.39 is 10.0 Å². The van der Waals surface area contributed by atoms with Gasteiger partial charge in [-0.1, -0.05) is 45.7 Å². The Kier molecular flexibility index (Phi) is 4.86. The Morgan fingerprint density at radius 3 is 2.40 bits per heavy atom. The highest BCUT2D eigenvalue weighted by atomic mass is 32.2. The molecule has 1 aliphatic carbocycles. The number of rotatable bonds is 4. The first-order valence-corrected chi connectivity index (χ1v) is 9.03. The molecule has 1 saturated carbocycles. The van der Waals surface area contributed by atoms with E-state index in [-0.39, 0.29) is 6.04 Å². The minimum atomic E-state index is -3.39. The SMILES string of the molecule is CCc1ccc(S(=O)(=O)N[C@@H]2CCC[C@@H](C)[C@@H]2C)cc1. The smallest absolute Gasteiger partial charge is 0.208 e. The highest BCUT2D eigenvalue weighted by molar-refractivity contribution is 7.89. The quantitative estimate of drug-likeness (QED) is 0.926. The fraction of sp³-hybridized carbons (Fsp3) is 0.625. The Balaban J connectivity index is 2.13. The summed E-state index contributed by atoms with van der Waals surface area (Å²) >= 11 is 0. The number of hydrogen-bond donors (Lipinski definition) is 1. The van der Waals surface area contributed by atoms with Crippen LogP contribution in [0.2, 0.25) is 0 Å². The summed E-state index contributed by atoms with van der Waals surface area (Å²) in [5.41, 5.74) is 1.16. The Hall–Kier alpha value is -0.870. The fourth-order valence-electron chi connectivity index (χ4n) is 2.92. The van der Waals surface area contributed by atoms with Crippen LogP contribution in [-0.4, -0.2) is 14.5 Å². The molecule has 1 aliphatic rings. The fourth-order valence-corrected chi connectivity index (χ4v) is 4.28. The van der Waals surface area contributed by atoms with Crippen molar-refractivity contribution in [3.8, 4) is 0 Å². The van der Waals surface area contributed by atoms with Gasteiger partial charge in [0.25, 0.3) is 0 Å². The van der Waals surface area contributed by atoms with E-state index in [2.05, 4.69) is 25.5 Å². The monoisotopic (exact) mass is 295 g/mol. The van der Waals surface area contributed by atoms with Crippen molar-refractivity contribution in [2.24, 2.45) is 11.8 Å². The summed E-state index contributed by atoms with van der Waals surface area (Å²) in [6.45, 7) is 6.42. The normalized spacial score (nSPS) is 27.4. The average molecular weight is 295 g/mol. The van der Waals surface area contributed by atoms with Crippen LogP contribution in [0.25, 0.3) is 0 Å². The lowest BCUT2D eigenvalue weighted by molar-refractivity contribution is 0.227. The van der Waals surface area contributed by atoms with Crippen LogP contribution in [-0.2, 0) is 16.4 Å². The minimum Gasteiger partial charge on any atom is -0.208 e. The van der Waals surface area contributed by atoms with Crippen molar-refractivity contribution in [1.29, 1.82) is 0 Å². The zero-order chi connectivity index (χ0) is 14.8. The summed E-state index contributed by atoms with van der Waals surface area (Å²) < 4.78 is 27.8. The first-order valence-electron chi connectivity index (χ1n) is 7.55. The molecule has 0 aliphatic heterocycles. The number of sulfonamides is 1. The molecule has 112 valence electrons. The van der Waals surface area contributed by atoms with Gasteiger partial charge in [-0.2, -0.15) is 0 Å². The summed E-state index contributed by atoms with van der Waals surface area (Å²) in [7, 11) is -3.39. The number of aryl methyl sites for hydroxylation is 1. The Labute approximate surface area is 122 Å². The van der Waals surface area contributed by atoms with Crippen molar-refractivity contribution < 1.29 is 8.42 Å². The lowest BCUT2D eigenvalue weighted by atomic mass is 9.78. The van der Waals surface area contributed by atoms with E-state index >= 15 is 0 Å². The predicted molar refractivity (Wildman–Crippen MR) is 82.1 cm³/mol. The minimum absolute atomic E-state index is 0.0644. The molecule has 3 atom stereocenters. The molecule has 0 radical (unpaired) electrons. The maximum absolute atomic E-state index is 12.4. The summed E-state index contributed by atoms with van der Waals surface area (Å²) in [5.74, 6) is 0.979. The van der Waals surface area contributed by atoms with E-state index in [4.69, 9.17) is 0 Å². The van der Waals surface area contributed by atoms with E-state index in [0.29, 0.717) is 16.7 Å². The molecule has 4 heteroatoms. The highest BCUT2D eigenvalue weighted by Gasteiger charge is 2.30. The Morgan fingerprint density at radius 2 is 1.80 bits per heavy atom. The zero-order valence-corrected chi connectivity index (χ0v) is 13.4. The number of benzene rings is 1. The second-order valence-corrected chi connectivity index (χ2v) is 7.71. The van der Waals surface area contributed by atoms with Crippen molar-refractivity contribution in [2.45, 2.75) is 57.4 Å². The standard InChI is InChI=1S/C16H25NO2S/c1-4-14-8-10-15(11-9-14)20(18,19)17-16-7-5-6-12(2)13(16)3/h8-13,16-17H,4-7H2,1-3H3/t12-,13+,16-/m1/s1. The highest BCUT2D eigenvalue weighted by Crippen LogP contribution is 2.30. The maximum atomic E-state index is 12.4. The lowest BCUT2D eigenvalue weighted by Crippen LogP contribution is -2.43. The van der Waals surface area contributed by atoms with Crippen molar-refractivity contribution in [2.75, 3.05) is 0 Å². The van der Waals surface area contributed by atoms with Crippen LogP contribution >= 0.6 is 0 Å². The molecule has 1 aromatic rings. The molecule has 20 heavy (non-hydrogen) atoms. The summed E-state index contributed by atoms with van der Waals surface area (Å²) in [4.78, 5) is 0.375. The van der Waals surface area contributed by atoms with Gasteiger partial charge in [-0.3, -0.25) is 0 Å². The van der Waals surface area contributed by atoms with Crippen molar-refractivity contribution in [1.82, 2.24) is 4.72 Å². The lowest BCUT2D eigenvalue weighted by Gasteiger charge is -2.34. The van der Waals surface area contributed by atoms with Crippen LogP contribution in [0.15, 0.2) is 29.2 Å². The van der Waals surface area contributed by atoms with Crippen LogP contribution < -0.4 is 4.72 Å². The topological polar surface area (TPSA) is 46.2 Å². The van der Waals surface area contributed by atoms with E-state index in [1.165, 1.54) is 6.42 Å². The Bertz CT molecular complexity index is 536. The van der Waals surface area contributed by atoms with E-state index in [0.717, 1.165) is 24.8 Å². The third-order valence-electron chi connectivity index (χ3n) is 4.66. The molecule has 2 rings (SSSR count). The first kappa shape index (κ1) is 15.5. The molecule has 1 fully saturated rings. The van der Waals surface area contributed by atoms with Gasteiger partial charge >= 0.3 is 0 Å². The molecule has 1 aromatic carbocycles. The molecule has 0 aromatic heterocycles. The largest absolute Gasteiger partial charge is 0.240 e. The van der Waals surface area contributed by atoms with Crippen LogP contribution in [0, 0.1) is 11.8 Å². The third kappa shape index (κ3) is 3.41. The molecule has 0 unspecified atom stereocenters. The van der Waals surface area contributed by atoms with Gasteiger partial charge in [0, 0.05) is 6.04 Å². The van der Waals surface area contributed by atoms with Gasteiger partial charge in [-0.25, -0.2) is 13.1 Å². The molecule has 0 spiro atoms. The molecule has 1 N–H and O–H groups in total. The molecule has 0 bridgehead atoms. The van der Waals surface area contributed by atoms with Gasteiger partial charge in [-0.05, 0) is 42.4 Å². The van der Waals surface area contributed by atoms with E-state index in [1.54, 1.807) is 12.1 Å². The molecular formula is C16H25NO2S. The average Bonchev–Trinajstić information content (AvgIpc) is 2.44. The molecule has 0 saturated heterocycles. The van der Waals surface area contributed by atoms with Crippen molar-refractivity contribution in [3.63, 3.8) is 0 Å². The second kappa shape index (κ2) is 6.27. The van der Waals surface area contributed by atoms with E-state index in [1.807, 2.05) is 12.1 Å². The van der Waals surface area contributed by atoms with Gasteiger partial charge in [-0.15, -0.1) is 0 Å². The van der Waals surface area contributed by atoms with Gasteiger partial charge in [0.1, 0.15) is 0 Å². The molecular weight excluding hydrogens is 270 g/mol. The van der Waals surface area contributed by atoms with Crippen LogP contribution in [0.5, 0.6) is 0 Å². The van der Waals surface area contributed by atoms with Gasteiger partial charge in [0.05, 0.1) is 4.90 Å². The predicted octanol–water partition coefficient (Wildman–Crippen LogP) is 3.35. The van der Waals surface area contributed by atoms with Crippen molar-refractivity contribution >= 4 is 10.0 Å². The number of nitrogens with one attached hydrogen (secondary N) is 1. The van der Waals surface area contributed by atoms with Gasteiger partial charge < -0.3 is 0 Å². The first-order chi connectivity index (χ1) is 9.44. The molecule has 0 amide bonds. The maximum Gasteiger partial charge on any atom is 0.240 e. The molecule has 0 heterocycles. The van der Waals surface area contributed by atoms with Gasteiger partial charge in [0.2, 0.25) is 10.0 Å². The molecule has 3 nitrogen and oxygen atoms in total. The zero-order valence-electron chi connectivity index (χ0n) is 12.6. The van der Waals surface area contributed by atoms with Crippen LogP contribution in [0.1, 0.15) is 45.6 Å². The van der Waals surface area contributed by atoms with Crippen LogP contribution in [0.3, 0.4) is 0 Å². The second-order valence-electron chi connectivity index (χ2n) is 5.99. The summed E-state index contributed by atoms with van der Waals surface area (Å²) in [5, 5.41) is 0. The van der Waals surface area contributed by atoms with E-state index in [9.17, 15) is 8.42 Å². The number of hydrogen-bond acceptors (Lipinski definition) is 2. The summed E-state index contributed by atoms with van der Waals surface area (Å²) in [6.07, 6.45) is 4.17.